The standard InChI is InChI=1S/C11H18ClN5O/c12-9-14-10(13)16-11(15-9)17(6-7-18)8-4-2-1-3-5-8/h8,18H,1-7H2,(H2,13,14,15,16). The van der Waals surface area contributed by atoms with E-state index in [4.69, 9.17) is 17.3 Å². The van der Waals surface area contributed by atoms with E-state index in [1.807, 2.05) is 4.90 Å². The molecule has 1 aromatic heterocycles. The molecule has 1 aliphatic rings. The Labute approximate surface area is 111 Å². The molecular formula is C11H18ClN5O. The maximum Gasteiger partial charge on any atom is 0.231 e. The molecule has 1 heterocycles. The van der Waals surface area contributed by atoms with Gasteiger partial charge in [0.05, 0.1) is 6.61 Å². The number of hydrogen-bond donors (Lipinski definition) is 2. The van der Waals surface area contributed by atoms with Crippen LogP contribution in [0.3, 0.4) is 0 Å². The Morgan fingerprint density at radius 3 is 2.56 bits per heavy atom. The van der Waals surface area contributed by atoms with Gasteiger partial charge in [-0.15, -0.1) is 0 Å². The van der Waals surface area contributed by atoms with E-state index in [1.54, 1.807) is 0 Å². The van der Waals surface area contributed by atoms with Gasteiger partial charge >= 0.3 is 0 Å². The molecule has 0 amide bonds. The number of aliphatic hydroxyl groups is 1. The molecule has 1 aliphatic carbocycles. The normalized spacial score (nSPS) is 16.8. The molecule has 0 aliphatic heterocycles. The molecule has 6 nitrogen and oxygen atoms in total. The number of aliphatic hydroxyl groups excluding tert-OH is 1. The Morgan fingerprint density at radius 2 is 1.94 bits per heavy atom. The second-order valence-corrected chi connectivity index (χ2v) is 4.81. The highest BCUT2D eigenvalue weighted by molar-refractivity contribution is 6.28. The van der Waals surface area contributed by atoms with Crippen molar-refractivity contribution in [3.05, 3.63) is 5.28 Å². The lowest BCUT2D eigenvalue weighted by Gasteiger charge is -2.33. The highest BCUT2D eigenvalue weighted by Crippen LogP contribution is 2.25. The highest BCUT2D eigenvalue weighted by atomic mass is 35.5. The summed E-state index contributed by atoms with van der Waals surface area (Å²) in [5.41, 5.74) is 5.59. The molecule has 2 rings (SSSR count). The molecule has 1 fully saturated rings. The average Bonchev–Trinajstić information content (AvgIpc) is 2.36. The molecule has 100 valence electrons. The van der Waals surface area contributed by atoms with Crippen molar-refractivity contribution in [2.75, 3.05) is 23.8 Å². The van der Waals surface area contributed by atoms with Crippen molar-refractivity contribution in [2.24, 2.45) is 0 Å². The quantitative estimate of drug-likeness (QED) is 0.857. The lowest BCUT2D eigenvalue weighted by Crippen LogP contribution is -2.40. The fraction of sp³-hybridized carbons (Fsp3) is 0.727. The topological polar surface area (TPSA) is 88.2 Å². The van der Waals surface area contributed by atoms with Gasteiger partial charge in [0.25, 0.3) is 0 Å². The van der Waals surface area contributed by atoms with Crippen molar-refractivity contribution in [3.63, 3.8) is 0 Å². The first-order valence-electron chi connectivity index (χ1n) is 6.25. The zero-order valence-corrected chi connectivity index (χ0v) is 11.0. The third-order valence-corrected chi connectivity index (χ3v) is 3.40. The molecule has 0 spiro atoms. The summed E-state index contributed by atoms with van der Waals surface area (Å²) >= 11 is 5.80. The maximum atomic E-state index is 9.19. The van der Waals surface area contributed by atoms with Gasteiger partial charge in [-0.1, -0.05) is 19.3 Å². The first-order valence-corrected chi connectivity index (χ1v) is 6.63. The second-order valence-electron chi connectivity index (χ2n) is 4.47. The summed E-state index contributed by atoms with van der Waals surface area (Å²) in [6.45, 7) is 0.546. The minimum Gasteiger partial charge on any atom is -0.395 e. The van der Waals surface area contributed by atoms with Crippen molar-refractivity contribution >= 4 is 23.5 Å². The molecule has 0 saturated heterocycles. The van der Waals surface area contributed by atoms with Gasteiger partial charge in [0, 0.05) is 12.6 Å². The molecule has 0 atom stereocenters. The van der Waals surface area contributed by atoms with Crippen LogP contribution in [0.5, 0.6) is 0 Å². The Bertz CT molecular complexity index is 377. The SMILES string of the molecule is Nc1nc(Cl)nc(N(CCO)C2CCCCC2)n1. The van der Waals surface area contributed by atoms with Crippen LogP contribution in [-0.4, -0.2) is 39.3 Å². The van der Waals surface area contributed by atoms with Gasteiger partial charge in [-0.3, -0.25) is 0 Å². The van der Waals surface area contributed by atoms with Crippen LogP contribution in [0.2, 0.25) is 5.28 Å². The van der Waals surface area contributed by atoms with Crippen LogP contribution < -0.4 is 10.6 Å². The van der Waals surface area contributed by atoms with E-state index in [2.05, 4.69) is 15.0 Å². The monoisotopic (exact) mass is 271 g/mol. The van der Waals surface area contributed by atoms with Crippen LogP contribution in [0.25, 0.3) is 0 Å². The predicted octanol–water partition coefficient (Wildman–Crippen LogP) is 1.24. The number of nitrogens with two attached hydrogens (primary N) is 1. The minimum atomic E-state index is 0.0553. The summed E-state index contributed by atoms with van der Waals surface area (Å²) in [7, 11) is 0. The first kappa shape index (κ1) is 13.3. The van der Waals surface area contributed by atoms with Crippen molar-refractivity contribution < 1.29 is 5.11 Å². The van der Waals surface area contributed by atoms with Gasteiger partial charge in [-0.05, 0) is 24.4 Å². The summed E-state index contributed by atoms with van der Waals surface area (Å²) in [5, 5.41) is 9.28. The molecular weight excluding hydrogens is 254 g/mol. The van der Waals surface area contributed by atoms with Crippen LogP contribution in [0.15, 0.2) is 0 Å². The molecule has 0 aromatic carbocycles. The van der Waals surface area contributed by atoms with Gasteiger partial charge in [0.2, 0.25) is 17.2 Å². The van der Waals surface area contributed by atoms with Gasteiger partial charge in [-0.2, -0.15) is 15.0 Å². The van der Waals surface area contributed by atoms with E-state index in [9.17, 15) is 5.11 Å². The van der Waals surface area contributed by atoms with E-state index in [-0.39, 0.29) is 17.8 Å². The van der Waals surface area contributed by atoms with Gasteiger partial charge in [-0.25, -0.2) is 0 Å². The van der Waals surface area contributed by atoms with Gasteiger partial charge in [0.15, 0.2) is 0 Å². The van der Waals surface area contributed by atoms with Gasteiger partial charge in [0.1, 0.15) is 0 Å². The minimum absolute atomic E-state index is 0.0553. The molecule has 1 aromatic rings. The molecule has 0 bridgehead atoms. The van der Waals surface area contributed by atoms with Gasteiger partial charge < -0.3 is 15.7 Å². The van der Waals surface area contributed by atoms with Crippen molar-refractivity contribution in [1.29, 1.82) is 0 Å². The third-order valence-electron chi connectivity index (χ3n) is 3.23. The van der Waals surface area contributed by atoms with Crippen LogP contribution in [0, 0.1) is 0 Å². The molecule has 1 saturated carbocycles. The first-order chi connectivity index (χ1) is 8.70. The molecule has 0 unspecified atom stereocenters. The van der Waals surface area contributed by atoms with Crippen LogP contribution in [0.1, 0.15) is 32.1 Å². The number of hydrogen-bond acceptors (Lipinski definition) is 6. The third kappa shape index (κ3) is 3.20. The Morgan fingerprint density at radius 1 is 1.22 bits per heavy atom. The number of nitrogens with zero attached hydrogens (tertiary/aromatic N) is 4. The smallest absolute Gasteiger partial charge is 0.231 e. The predicted molar refractivity (Wildman–Crippen MR) is 70.6 cm³/mol. The fourth-order valence-corrected chi connectivity index (χ4v) is 2.59. The zero-order valence-electron chi connectivity index (χ0n) is 10.2. The summed E-state index contributed by atoms with van der Waals surface area (Å²) in [5.74, 6) is 0.581. The summed E-state index contributed by atoms with van der Waals surface area (Å²) in [6, 6.07) is 0.351. The lowest BCUT2D eigenvalue weighted by molar-refractivity contribution is 0.288. The average molecular weight is 272 g/mol. The summed E-state index contributed by atoms with van der Waals surface area (Å²) in [6.07, 6.45) is 5.83. The van der Waals surface area contributed by atoms with Crippen LogP contribution in [-0.2, 0) is 0 Å². The molecule has 3 N–H and O–H groups in total. The Kier molecular flexibility index (Phi) is 4.54. The number of halogens is 1. The number of anilines is 2. The highest BCUT2D eigenvalue weighted by Gasteiger charge is 2.23. The number of aromatic nitrogens is 3. The van der Waals surface area contributed by atoms with Crippen molar-refractivity contribution in [2.45, 2.75) is 38.1 Å². The van der Waals surface area contributed by atoms with E-state index < -0.39 is 0 Å². The Balaban J connectivity index is 2.22. The lowest BCUT2D eigenvalue weighted by atomic mass is 9.94. The Hall–Kier alpha value is -1.14. The largest absolute Gasteiger partial charge is 0.395 e. The van der Waals surface area contributed by atoms with E-state index in [0.29, 0.717) is 18.5 Å². The van der Waals surface area contributed by atoms with E-state index in [1.165, 1.54) is 19.3 Å². The van der Waals surface area contributed by atoms with E-state index >= 15 is 0 Å². The molecule has 0 radical (unpaired) electrons. The van der Waals surface area contributed by atoms with Crippen LogP contribution >= 0.6 is 11.6 Å². The van der Waals surface area contributed by atoms with E-state index in [0.717, 1.165) is 12.8 Å². The maximum absolute atomic E-state index is 9.19. The number of rotatable bonds is 4. The molecule has 7 heteroatoms. The summed E-state index contributed by atoms with van der Waals surface area (Å²) < 4.78 is 0. The van der Waals surface area contributed by atoms with Crippen molar-refractivity contribution in [1.82, 2.24) is 15.0 Å². The number of nitrogen functional groups attached to an aromatic ring is 1. The zero-order chi connectivity index (χ0) is 13.0. The van der Waals surface area contributed by atoms with Crippen molar-refractivity contribution in [3.8, 4) is 0 Å². The summed E-state index contributed by atoms with van der Waals surface area (Å²) in [4.78, 5) is 14.0. The molecule has 18 heavy (non-hydrogen) atoms. The van der Waals surface area contributed by atoms with Crippen LogP contribution in [0.4, 0.5) is 11.9 Å². The second kappa shape index (κ2) is 6.15. The fourth-order valence-electron chi connectivity index (χ4n) is 2.43.